The zero-order chi connectivity index (χ0) is 22.6. The van der Waals surface area contributed by atoms with E-state index in [1.807, 2.05) is 24.3 Å². The molecule has 0 aliphatic heterocycles. The van der Waals surface area contributed by atoms with Crippen molar-refractivity contribution in [3.05, 3.63) is 121 Å². The molecule has 160 valence electrons. The number of nitrogens with zero attached hydrogens (tertiary/aromatic N) is 2. The van der Waals surface area contributed by atoms with E-state index in [1.165, 1.54) is 32.6 Å². The van der Waals surface area contributed by atoms with Gasteiger partial charge in [-0.2, -0.15) is 0 Å². The molecular weight excluding hydrogens is 416 g/mol. The molecule has 5 aromatic carbocycles. The third-order valence-corrected chi connectivity index (χ3v) is 6.78. The number of para-hydroxylation sites is 3. The molecule has 3 heteroatoms. The van der Waals surface area contributed by atoms with Gasteiger partial charge in [0.2, 0.25) is 0 Å². The molecule has 34 heavy (non-hydrogen) atoms. The Bertz CT molecular complexity index is 1820. The summed E-state index contributed by atoms with van der Waals surface area (Å²) in [6.45, 7) is 0. The van der Waals surface area contributed by atoms with Gasteiger partial charge in [-0.3, -0.25) is 4.79 Å². The van der Waals surface area contributed by atoms with Gasteiger partial charge in [0, 0.05) is 38.5 Å². The molecule has 0 N–H and O–H groups in total. The lowest BCUT2D eigenvalue weighted by Crippen LogP contribution is -1.96. The van der Waals surface area contributed by atoms with E-state index in [2.05, 4.69) is 100 Å². The van der Waals surface area contributed by atoms with E-state index in [4.69, 9.17) is 0 Å². The van der Waals surface area contributed by atoms with Gasteiger partial charge in [0.1, 0.15) is 6.29 Å². The molecule has 0 bridgehead atoms. The fourth-order valence-corrected chi connectivity index (χ4v) is 5.28. The quantitative estimate of drug-likeness (QED) is 0.261. The zero-order valence-electron chi connectivity index (χ0n) is 18.3. The molecule has 7 rings (SSSR count). The van der Waals surface area contributed by atoms with Crippen LogP contribution >= 0.6 is 0 Å². The molecule has 0 unspecified atom stereocenters. The SMILES string of the molecule is O=Cc1ccc(-n2c3ccccc3c3cc(-n4c5ccccc5c5ccccc54)ccc32)cc1. The van der Waals surface area contributed by atoms with E-state index in [0.29, 0.717) is 5.56 Å². The third kappa shape index (κ3) is 2.61. The van der Waals surface area contributed by atoms with E-state index in [0.717, 1.165) is 28.7 Å². The van der Waals surface area contributed by atoms with Crippen LogP contribution in [0, 0.1) is 0 Å². The van der Waals surface area contributed by atoms with Crippen LogP contribution in [0.1, 0.15) is 10.4 Å². The van der Waals surface area contributed by atoms with Gasteiger partial charge in [-0.15, -0.1) is 0 Å². The van der Waals surface area contributed by atoms with Gasteiger partial charge in [0.05, 0.1) is 22.1 Å². The minimum Gasteiger partial charge on any atom is -0.309 e. The zero-order valence-corrected chi connectivity index (χ0v) is 18.3. The van der Waals surface area contributed by atoms with Crippen molar-refractivity contribution in [1.29, 1.82) is 0 Å². The average Bonchev–Trinajstić information content (AvgIpc) is 3.41. The molecule has 3 nitrogen and oxygen atoms in total. The predicted octanol–water partition coefficient (Wildman–Crippen LogP) is 7.69. The predicted molar refractivity (Wildman–Crippen MR) is 141 cm³/mol. The highest BCUT2D eigenvalue weighted by molar-refractivity contribution is 6.12. The van der Waals surface area contributed by atoms with Gasteiger partial charge in [0.25, 0.3) is 0 Å². The maximum Gasteiger partial charge on any atom is 0.150 e. The first-order chi connectivity index (χ1) is 16.8. The van der Waals surface area contributed by atoms with Gasteiger partial charge in [-0.25, -0.2) is 0 Å². The van der Waals surface area contributed by atoms with E-state index < -0.39 is 0 Å². The Balaban J connectivity index is 1.55. The Morgan fingerprint density at radius 1 is 0.441 bits per heavy atom. The first-order valence-corrected chi connectivity index (χ1v) is 11.4. The van der Waals surface area contributed by atoms with Crippen LogP contribution in [0.2, 0.25) is 0 Å². The molecule has 0 atom stereocenters. The first kappa shape index (κ1) is 18.9. The Morgan fingerprint density at radius 2 is 0.882 bits per heavy atom. The van der Waals surface area contributed by atoms with Crippen LogP contribution in [0.15, 0.2) is 115 Å². The second-order valence-corrected chi connectivity index (χ2v) is 8.63. The summed E-state index contributed by atoms with van der Waals surface area (Å²) < 4.78 is 4.63. The Labute approximate surface area is 196 Å². The van der Waals surface area contributed by atoms with Crippen molar-refractivity contribution in [3.63, 3.8) is 0 Å². The summed E-state index contributed by atoms with van der Waals surface area (Å²) in [6.07, 6.45) is 0.883. The van der Waals surface area contributed by atoms with Crippen molar-refractivity contribution < 1.29 is 4.79 Å². The molecule has 2 heterocycles. The number of aldehydes is 1. The highest BCUT2D eigenvalue weighted by Crippen LogP contribution is 2.36. The van der Waals surface area contributed by atoms with Crippen LogP contribution in [0.5, 0.6) is 0 Å². The number of hydrogen-bond donors (Lipinski definition) is 0. The minimum absolute atomic E-state index is 0.679. The summed E-state index contributed by atoms with van der Waals surface area (Å²) in [5.74, 6) is 0. The minimum atomic E-state index is 0.679. The number of hydrogen-bond acceptors (Lipinski definition) is 1. The standard InChI is InChI=1S/C31H20N2O/c34-20-21-13-15-22(16-14-21)32-30-12-6-3-9-26(30)27-19-23(17-18-31(27)32)33-28-10-4-1-7-24(28)25-8-2-5-11-29(25)33/h1-20H. The van der Waals surface area contributed by atoms with E-state index in [9.17, 15) is 4.79 Å². The number of carbonyl (C=O) groups is 1. The highest BCUT2D eigenvalue weighted by Gasteiger charge is 2.15. The average molecular weight is 437 g/mol. The molecule has 0 amide bonds. The van der Waals surface area contributed by atoms with Crippen molar-refractivity contribution in [2.75, 3.05) is 0 Å². The van der Waals surface area contributed by atoms with Crippen LogP contribution < -0.4 is 0 Å². The molecule has 7 aromatic rings. The van der Waals surface area contributed by atoms with Crippen molar-refractivity contribution >= 4 is 49.9 Å². The Hall–Kier alpha value is -4.63. The lowest BCUT2D eigenvalue weighted by molar-refractivity contribution is 0.112. The van der Waals surface area contributed by atoms with Crippen molar-refractivity contribution in [3.8, 4) is 11.4 Å². The molecule has 0 spiro atoms. The maximum atomic E-state index is 11.2. The van der Waals surface area contributed by atoms with Gasteiger partial charge in [-0.1, -0.05) is 54.6 Å². The smallest absolute Gasteiger partial charge is 0.150 e. The largest absolute Gasteiger partial charge is 0.309 e. The number of aromatic nitrogens is 2. The van der Waals surface area contributed by atoms with E-state index in [1.54, 1.807) is 0 Å². The fourth-order valence-electron chi connectivity index (χ4n) is 5.28. The number of benzene rings is 5. The van der Waals surface area contributed by atoms with E-state index >= 15 is 0 Å². The van der Waals surface area contributed by atoms with Crippen LogP contribution in [-0.2, 0) is 0 Å². The molecular formula is C31H20N2O. The van der Waals surface area contributed by atoms with Crippen LogP contribution in [0.4, 0.5) is 0 Å². The normalized spacial score (nSPS) is 11.6. The number of rotatable bonds is 3. The van der Waals surface area contributed by atoms with E-state index in [-0.39, 0.29) is 0 Å². The van der Waals surface area contributed by atoms with Crippen molar-refractivity contribution in [2.45, 2.75) is 0 Å². The van der Waals surface area contributed by atoms with Gasteiger partial charge >= 0.3 is 0 Å². The van der Waals surface area contributed by atoms with Gasteiger partial charge in [-0.05, 0) is 60.7 Å². The summed E-state index contributed by atoms with van der Waals surface area (Å²) in [4.78, 5) is 11.2. The summed E-state index contributed by atoms with van der Waals surface area (Å²) >= 11 is 0. The van der Waals surface area contributed by atoms with Crippen LogP contribution in [-0.4, -0.2) is 15.4 Å². The molecule has 0 fully saturated rings. The molecule has 0 aliphatic carbocycles. The first-order valence-electron chi connectivity index (χ1n) is 11.4. The maximum absolute atomic E-state index is 11.2. The van der Waals surface area contributed by atoms with Crippen molar-refractivity contribution in [2.24, 2.45) is 0 Å². The van der Waals surface area contributed by atoms with Crippen LogP contribution in [0.25, 0.3) is 55.0 Å². The number of fused-ring (bicyclic) bond motifs is 6. The second kappa shape index (κ2) is 7.19. The molecule has 0 saturated heterocycles. The van der Waals surface area contributed by atoms with Gasteiger partial charge < -0.3 is 9.13 Å². The summed E-state index contributed by atoms with van der Waals surface area (Å²) in [5, 5.41) is 4.93. The number of carbonyl (C=O) groups excluding carboxylic acids is 1. The Kier molecular flexibility index (Phi) is 4.00. The second-order valence-electron chi connectivity index (χ2n) is 8.63. The van der Waals surface area contributed by atoms with Crippen molar-refractivity contribution in [1.82, 2.24) is 9.13 Å². The summed E-state index contributed by atoms with van der Waals surface area (Å²) in [7, 11) is 0. The molecule has 0 radical (unpaired) electrons. The fraction of sp³-hybridized carbons (Fsp3) is 0. The lowest BCUT2D eigenvalue weighted by Gasteiger charge is -2.10. The lowest BCUT2D eigenvalue weighted by atomic mass is 10.1. The third-order valence-electron chi connectivity index (χ3n) is 6.78. The summed E-state index contributed by atoms with van der Waals surface area (Å²) in [6, 6.07) is 40.2. The van der Waals surface area contributed by atoms with Gasteiger partial charge in [0.15, 0.2) is 0 Å². The molecule has 2 aromatic heterocycles. The monoisotopic (exact) mass is 436 g/mol. The molecule has 0 aliphatic rings. The summed E-state index contributed by atoms with van der Waals surface area (Å²) in [5.41, 5.74) is 7.57. The molecule has 0 saturated carbocycles. The highest BCUT2D eigenvalue weighted by atomic mass is 16.1. The topological polar surface area (TPSA) is 26.9 Å². The Morgan fingerprint density at radius 3 is 1.44 bits per heavy atom. The van der Waals surface area contributed by atoms with Crippen LogP contribution in [0.3, 0.4) is 0 Å².